The lowest BCUT2D eigenvalue weighted by Gasteiger charge is -2.54. The third-order valence-corrected chi connectivity index (χ3v) is 19.2. The summed E-state index contributed by atoms with van der Waals surface area (Å²) in [6, 6.07) is 46.2. The highest BCUT2D eigenvalue weighted by atomic mass is 28.2. The number of benzene rings is 6. The Morgan fingerprint density at radius 1 is 0.629 bits per heavy atom. The Labute approximate surface area is 370 Å². The summed E-state index contributed by atoms with van der Waals surface area (Å²) in [5, 5.41) is 4.18. The van der Waals surface area contributed by atoms with Gasteiger partial charge in [-0.05, 0) is 113 Å². The van der Waals surface area contributed by atoms with E-state index in [9.17, 15) is 0 Å². The summed E-state index contributed by atoms with van der Waals surface area (Å²) in [6.07, 6.45) is 14.5. The predicted molar refractivity (Wildman–Crippen MR) is 268 cm³/mol. The van der Waals surface area contributed by atoms with E-state index in [-0.39, 0.29) is 34.0 Å². The molecule has 4 unspecified atom stereocenters. The Hall–Kier alpha value is -5.13. The van der Waals surface area contributed by atoms with Gasteiger partial charge < -0.3 is 14.4 Å². The van der Waals surface area contributed by atoms with E-state index in [2.05, 4.69) is 178 Å². The van der Waals surface area contributed by atoms with Crippen LogP contribution in [0.1, 0.15) is 115 Å². The highest BCUT2D eigenvalue weighted by molar-refractivity contribution is 7.00. The van der Waals surface area contributed by atoms with Gasteiger partial charge in [-0.15, -0.1) is 6.17 Å². The van der Waals surface area contributed by atoms with E-state index < -0.39 is 8.41 Å². The molecule has 2 saturated carbocycles. The molecule has 1 aromatic heterocycles. The molecule has 0 amide bonds. The van der Waals surface area contributed by atoms with E-state index in [1.807, 2.05) is 0 Å². The van der Waals surface area contributed by atoms with E-state index in [0.717, 1.165) is 12.8 Å². The van der Waals surface area contributed by atoms with Crippen LogP contribution >= 0.6 is 0 Å². The average Bonchev–Trinajstić information content (AvgIpc) is 3.81. The van der Waals surface area contributed by atoms with Crippen molar-refractivity contribution in [1.82, 2.24) is 4.57 Å². The Balaban J connectivity index is 1.18. The van der Waals surface area contributed by atoms with Crippen molar-refractivity contribution in [3.05, 3.63) is 138 Å². The molecule has 3 nitrogen and oxygen atoms in total. The van der Waals surface area contributed by atoms with Crippen molar-refractivity contribution in [3.8, 4) is 5.69 Å². The molecule has 0 N–H and O–H groups in total. The summed E-state index contributed by atoms with van der Waals surface area (Å²) in [4.78, 5) is 5.82. The van der Waals surface area contributed by atoms with Crippen LogP contribution in [-0.4, -0.2) is 36.9 Å². The van der Waals surface area contributed by atoms with E-state index in [0.29, 0.717) is 0 Å². The van der Waals surface area contributed by atoms with Crippen LogP contribution in [-0.2, 0) is 16.2 Å². The van der Waals surface area contributed by atoms with Gasteiger partial charge in [0.15, 0.2) is 0 Å². The lowest BCUT2D eigenvalue weighted by atomic mass is 9.33. The zero-order valence-electron chi connectivity index (χ0n) is 37.8. The van der Waals surface area contributed by atoms with Gasteiger partial charge in [-0.25, -0.2) is 0 Å². The van der Waals surface area contributed by atoms with Crippen molar-refractivity contribution in [3.63, 3.8) is 0 Å². The molecule has 2 fully saturated rings. The van der Waals surface area contributed by atoms with Crippen molar-refractivity contribution in [1.29, 1.82) is 0 Å². The van der Waals surface area contributed by atoms with Crippen molar-refractivity contribution in [2.75, 3.05) is 9.80 Å². The fourth-order valence-corrected chi connectivity index (χ4v) is 15.5. The first kappa shape index (κ1) is 37.4. The first-order valence-corrected chi connectivity index (χ1v) is 25.9. The van der Waals surface area contributed by atoms with Crippen LogP contribution in [0.4, 0.5) is 22.7 Å². The molecular formula is C57H58BN3Si. The summed E-state index contributed by atoms with van der Waals surface area (Å²) in [7, 11) is -0.958. The molecule has 308 valence electrons. The highest BCUT2D eigenvalue weighted by Crippen LogP contribution is 2.66. The lowest BCUT2D eigenvalue weighted by Crippen LogP contribution is -2.64. The number of fused-ring (bicyclic) bond motifs is 13. The molecule has 62 heavy (non-hydrogen) atoms. The number of anilines is 4. The fourth-order valence-electron chi connectivity index (χ4n) is 14.7. The van der Waals surface area contributed by atoms with Crippen molar-refractivity contribution < 1.29 is 0 Å². The summed E-state index contributed by atoms with van der Waals surface area (Å²) in [6.45, 7) is 17.6. The van der Waals surface area contributed by atoms with E-state index in [1.165, 1.54) is 127 Å². The van der Waals surface area contributed by atoms with Gasteiger partial charge in [0.25, 0.3) is 6.71 Å². The van der Waals surface area contributed by atoms with Gasteiger partial charge in [0.05, 0.1) is 16.6 Å². The topological polar surface area (TPSA) is 11.4 Å². The second-order valence-corrected chi connectivity index (χ2v) is 24.0. The Bertz CT molecular complexity index is 3140. The molecule has 0 saturated heterocycles. The third kappa shape index (κ3) is 4.28. The second kappa shape index (κ2) is 12.1. The van der Waals surface area contributed by atoms with Gasteiger partial charge in [-0.1, -0.05) is 151 Å². The number of para-hydroxylation sites is 2. The Morgan fingerprint density at radius 2 is 1.34 bits per heavy atom. The Morgan fingerprint density at radius 3 is 2.13 bits per heavy atom. The van der Waals surface area contributed by atoms with Crippen molar-refractivity contribution >= 4 is 87.4 Å². The van der Waals surface area contributed by atoms with Crippen LogP contribution in [0.5, 0.6) is 0 Å². The zero-order valence-corrected chi connectivity index (χ0v) is 38.8. The van der Waals surface area contributed by atoms with Crippen LogP contribution < -0.4 is 31.4 Å². The van der Waals surface area contributed by atoms with Crippen molar-refractivity contribution in [2.45, 2.75) is 127 Å². The number of aromatic nitrogens is 1. The maximum atomic E-state index is 4.76. The molecule has 7 aromatic rings. The Kier molecular flexibility index (Phi) is 7.31. The van der Waals surface area contributed by atoms with Gasteiger partial charge in [-0.2, -0.15) is 0 Å². The monoisotopic (exact) mass is 823 g/mol. The molecule has 4 aliphatic heterocycles. The van der Waals surface area contributed by atoms with Crippen LogP contribution in [0.3, 0.4) is 0 Å². The molecule has 0 bridgehead atoms. The summed E-state index contributed by atoms with van der Waals surface area (Å²) in [5.74, 6) is 0. The van der Waals surface area contributed by atoms with Gasteiger partial charge >= 0.3 is 0 Å². The van der Waals surface area contributed by atoms with Gasteiger partial charge in [0.2, 0.25) is 0 Å². The minimum atomic E-state index is -0.958. The molecule has 0 radical (unpaired) electrons. The molecule has 2 aliphatic carbocycles. The second-order valence-electron chi connectivity index (χ2n) is 21.9. The van der Waals surface area contributed by atoms with Crippen LogP contribution in [0.15, 0.2) is 115 Å². The first-order valence-electron chi connectivity index (χ1n) is 23.7. The first-order chi connectivity index (χ1) is 29.8. The lowest BCUT2D eigenvalue weighted by molar-refractivity contribution is 0.195. The van der Waals surface area contributed by atoms with Crippen LogP contribution in [0, 0.1) is 0 Å². The van der Waals surface area contributed by atoms with Gasteiger partial charge in [0.1, 0.15) is 0 Å². The molecule has 13 rings (SSSR count). The van der Waals surface area contributed by atoms with Gasteiger partial charge in [-0.3, -0.25) is 0 Å². The average molecular weight is 824 g/mol. The predicted octanol–water partition coefficient (Wildman–Crippen LogP) is 11.1. The van der Waals surface area contributed by atoms with Crippen LogP contribution in [0.2, 0.25) is 6.55 Å². The molecule has 5 heterocycles. The normalized spacial score (nSPS) is 26.3. The number of rotatable bonds is 3. The standard InChI is InChI=1S/C57H58BN3Si/c1-53(2,3)37-25-26-47-42(31-37)57(36-19-10-9-11-20-36)30-17-16-29-56(57,6)60(47)38-32-48-50-49(33-38)61-52-43(54(4)27-14-15-28-55(54,61)5)34-39(62(7)8)35-45(52)58(50)44-23-18-22-41-40-21-12-13-24-46(40)59(48)51(41)44/h9-13,18-26,31-35H,7,14-17,27-30H2,1-6,8H3. The highest BCUT2D eigenvalue weighted by Gasteiger charge is 2.64. The molecular weight excluding hydrogens is 766 g/mol. The maximum Gasteiger partial charge on any atom is 0.252 e. The molecule has 0 spiro atoms. The maximum absolute atomic E-state index is 4.76. The molecule has 4 atom stereocenters. The third-order valence-electron chi connectivity index (χ3n) is 17.9. The van der Waals surface area contributed by atoms with E-state index in [1.54, 1.807) is 5.56 Å². The van der Waals surface area contributed by atoms with E-state index >= 15 is 0 Å². The number of nitrogens with zero attached hydrogens (tertiary/aromatic N) is 3. The summed E-state index contributed by atoms with van der Waals surface area (Å²) >= 11 is 0. The zero-order chi connectivity index (χ0) is 42.3. The number of hydrogen-bond acceptors (Lipinski definition) is 2. The quantitative estimate of drug-likeness (QED) is 0.165. The van der Waals surface area contributed by atoms with Crippen molar-refractivity contribution in [2.24, 2.45) is 0 Å². The minimum absolute atomic E-state index is 0.0362. The summed E-state index contributed by atoms with van der Waals surface area (Å²) in [5.41, 5.74) is 19.8. The minimum Gasteiger partial charge on any atom is -0.335 e. The van der Waals surface area contributed by atoms with Gasteiger partial charge in [0, 0.05) is 64.0 Å². The smallest absolute Gasteiger partial charge is 0.252 e. The fraction of sp³-hybridized carbons (Fsp3) is 0.351. The molecule has 5 heteroatoms. The van der Waals surface area contributed by atoms with E-state index in [4.69, 9.17) is 6.17 Å². The SMILES string of the molecule is C=[Si](C)c1cc2c3c(c1)C1(C)CCCCC1(C)N3c1cc(N3c4ccc(C(C)(C)C)cc4C4(c5ccccc5)CCCCC34C)cc3c1B2c1cccc2c4ccccc4n-3c12. The largest absolute Gasteiger partial charge is 0.335 e. The summed E-state index contributed by atoms with van der Waals surface area (Å²) < 4.78 is 2.69. The molecule has 6 aromatic carbocycles. The van der Waals surface area contributed by atoms with Crippen LogP contribution in [0.25, 0.3) is 27.5 Å². The number of hydrogen-bond donors (Lipinski definition) is 0. The molecule has 6 aliphatic rings.